The van der Waals surface area contributed by atoms with E-state index in [9.17, 15) is 28.5 Å². The Morgan fingerprint density at radius 2 is 1.56 bits per heavy atom. The molecule has 1 aromatic heterocycles. The Kier molecular flexibility index (Phi) is 5.61. The third-order valence-electron chi connectivity index (χ3n) is 8.27. The lowest BCUT2D eigenvalue weighted by Crippen LogP contribution is -2.53. The third kappa shape index (κ3) is 3.67. The van der Waals surface area contributed by atoms with Gasteiger partial charge in [0.2, 0.25) is 5.88 Å². The van der Waals surface area contributed by atoms with Crippen LogP contribution >= 0.6 is 0 Å². The fourth-order valence-corrected chi connectivity index (χ4v) is 6.34. The summed E-state index contributed by atoms with van der Waals surface area (Å²) in [6.45, 7) is 4.11. The Bertz CT molecular complexity index is 1600. The van der Waals surface area contributed by atoms with Crippen LogP contribution in [0.5, 0.6) is 5.88 Å². The monoisotopic (exact) mass is 535 g/mol. The molecule has 1 saturated carbocycles. The number of anilines is 1. The number of hydrogen-bond acceptors (Lipinski definition) is 5. The number of aromatic hydroxyl groups is 1. The summed E-state index contributed by atoms with van der Waals surface area (Å²) in [4.78, 5) is 2.00. The summed E-state index contributed by atoms with van der Waals surface area (Å²) in [5.41, 5.74) is 0.738. The van der Waals surface area contributed by atoms with Gasteiger partial charge in [0.1, 0.15) is 0 Å². The number of fused-ring (bicyclic) bond motifs is 3. The molecule has 1 fully saturated rings. The number of halogens is 3. The maximum absolute atomic E-state index is 14.0. The largest absolute Gasteiger partial charge is 0.493 e. The van der Waals surface area contributed by atoms with Crippen molar-refractivity contribution in [3.63, 3.8) is 0 Å². The number of nitrogens with zero attached hydrogens (tertiary/aromatic N) is 3. The molecule has 2 atom stereocenters. The van der Waals surface area contributed by atoms with Crippen LogP contribution in [-0.2, 0) is 11.6 Å². The summed E-state index contributed by atoms with van der Waals surface area (Å²) in [6, 6.07) is 20.1. The van der Waals surface area contributed by atoms with Crippen LogP contribution in [-0.4, -0.2) is 44.4 Å². The zero-order valence-corrected chi connectivity index (χ0v) is 21.6. The number of allylic oxidation sites excluding steroid dienone is 1. The molecule has 0 saturated heterocycles. The highest BCUT2D eigenvalue weighted by molar-refractivity contribution is 5.94. The molecule has 0 amide bonds. The van der Waals surface area contributed by atoms with Crippen molar-refractivity contribution in [3.8, 4) is 11.6 Å². The summed E-state index contributed by atoms with van der Waals surface area (Å²) in [5.74, 6) is -2.95. The van der Waals surface area contributed by atoms with Gasteiger partial charge in [-0.3, -0.25) is 0 Å². The summed E-state index contributed by atoms with van der Waals surface area (Å²) in [6.07, 6.45) is -5.87. The van der Waals surface area contributed by atoms with Crippen molar-refractivity contribution in [1.29, 1.82) is 0 Å². The number of para-hydroxylation sites is 1. The van der Waals surface area contributed by atoms with Crippen LogP contribution in [0.2, 0.25) is 0 Å². The first-order valence-electron chi connectivity index (χ1n) is 12.7. The minimum absolute atomic E-state index is 0.230. The molecule has 3 N–H and O–H groups in total. The van der Waals surface area contributed by atoms with E-state index >= 15 is 0 Å². The second-order valence-electron chi connectivity index (χ2n) is 10.8. The maximum atomic E-state index is 14.0. The number of aliphatic hydroxyl groups excluding tert-OH is 2. The first-order chi connectivity index (χ1) is 18.4. The zero-order chi connectivity index (χ0) is 27.9. The lowest BCUT2D eigenvalue weighted by Gasteiger charge is -2.46. The Balaban J connectivity index is 1.39. The van der Waals surface area contributed by atoms with Gasteiger partial charge >= 0.3 is 6.18 Å². The Morgan fingerprint density at radius 3 is 2.23 bits per heavy atom. The van der Waals surface area contributed by atoms with Gasteiger partial charge in [0.15, 0.2) is 5.69 Å². The van der Waals surface area contributed by atoms with Crippen LogP contribution in [0.25, 0.3) is 16.5 Å². The van der Waals surface area contributed by atoms with Gasteiger partial charge in [-0.25, -0.2) is 4.68 Å². The number of hydrogen-bond donors (Lipinski definition) is 3. The summed E-state index contributed by atoms with van der Waals surface area (Å²) < 4.78 is 42.9. The molecule has 9 heteroatoms. The van der Waals surface area contributed by atoms with Gasteiger partial charge in [-0.2, -0.15) is 18.3 Å². The van der Waals surface area contributed by atoms with Gasteiger partial charge in [0.05, 0.1) is 23.5 Å². The van der Waals surface area contributed by atoms with E-state index in [0.29, 0.717) is 0 Å². The highest BCUT2D eigenvalue weighted by Gasteiger charge is 2.55. The molecule has 2 heterocycles. The van der Waals surface area contributed by atoms with E-state index in [4.69, 9.17) is 0 Å². The van der Waals surface area contributed by atoms with Crippen molar-refractivity contribution in [2.24, 2.45) is 5.92 Å². The number of likely N-dealkylation sites (N-methyl/N-ethyl adjacent to an activating group) is 1. The highest BCUT2D eigenvalue weighted by atomic mass is 19.4. The van der Waals surface area contributed by atoms with Crippen molar-refractivity contribution in [2.75, 3.05) is 11.9 Å². The van der Waals surface area contributed by atoms with Gasteiger partial charge in [0, 0.05) is 35.7 Å². The topological polar surface area (TPSA) is 81.8 Å². The van der Waals surface area contributed by atoms with Crippen LogP contribution in [0.4, 0.5) is 18.9 Å². The molecule has 0 spiro atoms. The Hall–Kier alpha value is -3.82. The molecule has 3 aromatic carbocycles. The predicted molar refractivity (Wildman–Crippen MR) is 142 cm³/mol. The maximum Gasteiger partial charge on any atom is 0.435 e. The molecule has 1 aliphatic carbocycles. The second kappa shape index (κ2) is 8.59. The summed E-state index contributed by atoms with van der Waals surface area (Å²) in [7, 11) is 1.90. The molecule has 0 bridgehead atoms. The minimum atomic E-state index is -4.90. The second-order valence-corrected chi connectivity index (χ2v) is 10.8. The van der Waals surface area contributed by atoms with Crippen molar-refractivity contribution in [3.05, 3.63) is 95.3 Å². The SMILES string of the molecule is CN1C(=CC2C(O)C(c3c(C(F)(F)F)nn(-c4ccccc4)c3O)C2O)C(C)(C)c2c1ccc1ccccc21. The van der Waals surface area contributed by atoms with Crippen LogP contribution < -0.4 is 4.90 Å². The smallest absolute Gasteiger partial charge is 0.435 e. The van der Waals surface area contributed by atoms with E-state index in [-0.39, 0.29) is 5.69 Å². The number of aliphatic hydroxyl groups is 2. The van der Waals surface area contributed by atoms with Crippen molar-refractivity contribution in [2.45, 2.75) is 43.6 Å². The van der Waals surface area contributed by atoms with E-state index in [1.807, 2.05) is 42.3 Å². The van der Waals surface area contributed by atoms with Gasteiger partial charge in [-0.05, 0) is 34.5 Å². The van der Waals surface area contributed by atoms with Crippen LogP contribution in [0.3, 0.4) is 0 Å². The molecular weight excluding hydrogens is 507 g/mol. The quantitative estimate of drug-likeness (QED) is 0.323. The number of alkyl halides is 3. The molecule has 1 aliphatic heterocycles. The Morgan fingerprint density at radius 1 is 0.923 bits per heavy atom. The van der Waals surface area contributed by atoms with E-state index in [0.717, 1.165) is 32.4 Å². The van der Waals surface area contributed by atoms with Gasteiger partial charge in [0.25, 0.3) is 0 Å². The van der Waals surface area contributed by atoms with E-state index < -0.39 is 52.8 Å². The lowest BCUT2D eigenvalue weighted by molar-refractivity contribution is -0.145. The van der Waals surface area contributed by atoms with Crippen LogP contribution in [0.1, 0.15) is 36.6 Å². The average Bonchev–Trinajstić information content (AvgIpc) is 3.34. The van der Waals surface area contributed by atoms with Crippen molar-refractivity contribution < 1.29 is 28.5 Å². The minimum Gasteiger partial charge on any atom is -0.493 e. The standard InChI is InChI=1S/C30H28F3N3O3/c1-29(2)21(35(3)20-14-13-16-9-7-8-12-18(16)24(20)29)15-19-25(37)22(26(19)38)23-27(30(31,32)33)34-36(28(23)39)17-10-5-4-6-11-17/h4-15,19,22,25-26,37-39H,1-3H3. The van der Waals surface area contributed by atoms with Crippen molar-refractivity contribution in [1.82, 2.24) is 9.78 Å². The van der Waals surface area contributed by atoms with E-state index in [1.54, 1.807) is 24.3 Å². The highest BCUT2D eigenvalue weighted by Crippen LogP contribution is 2.54. The molecule has 4 aromatic rings. The average molecular weight is 536 g/mol. The summed E-state index contributed by atoms with van der Waals surface area (Å²) in [5, 5.41) is 39.0. The molecule has 39 heavy (non-hydrogen) atoms. The van der Waals surface area contributed by atoms with E-state index in [1.165, 1.54) is 12.1 Å². The third-order valence-corrected chi connectivity index (χ3v) is 8.27. The normalized spacial score (nSPS) is 25.2. The zero-order valence-electron chi connectivity index (χ0n) is 21.6. The summed E-state index contributed by atoms with van der Waals surface area (Å²) >= 11 is 0. The fourth-order valence-electron chi connectivity index (χ4n) is 6.34. The van der Waals surface area contributed by atoms with Gasteiger partial charge < -0.3 is 20.2 Å². The lowest BCUT2D eigenvalue weighted by atomic mass is 9.64. The molecule has 202 valence electrons. The molecule has 6 rings (SSSR count). The van der Waals surface area contributed by atoms with Crippen LogP contribution in [0, 0.1) is 5.92 Å². The van der Waals surface area contributed by atoms with E-state index in [2.05, 4.69) is 25.0 Å². The fraction of sp³-hybridized carbons (Fsp3) is 0.300. The molecular formula is C30H28F3N3O3. The first kappa shape index (κ1) is 25.5. The molecule has 0 radical (unpaired) electrons. The van der Waals surface area contributed by atoms with Gasteiger partial charge in [-0.15, -0.1) is 0 Å². The number of rotatable bonds is 3. The molecule has 2 unspecified atom stereocenters. The predicted octanol–water partition coefficient (Wildman–Crippen LogP) is 5.50. The molecule has 2 aliphatic rings. The number of benzene rings is 3. The first-order valence-corrected chi connectivity index (χ1v) is 12.7. The van der Waals surface area contributed by atoms with Crippen LogP contribution in [0.15, 0.2) is 78.5 Å². The Labute approximate surface area is 223 Å². The van der Waals surface area contributed by atoms with Gasteiger partial charge in [-0.1, -0.05) is 68.5 Å². The number of aromatic nitrogens is 2. The molecule has 6 nitrogen and oxygen atoms in total. The van der Waals surface area contributed by atoms with Crippen molar-refractivity contribution >= 4 is 16.5 Å².